The molecule has 3 atom stereocenters. The van der Waals surface area contributed by atoms with Crippen molar-refractivity contribution in [3.8, 4) is 0 Å². The molecule has 0 amide bonds. The van der Waals surface area contributed by atoms with Crippen LogP contribution >= 0.6 is 0 Å². The van der Waals surface area contributed by atoms with E-state index in [1.54, 1.807) is 0 Å². The summed E-state index contributed by atoms with van der Waals surface area (Å²) in [7, 11) is -4.27. The molecule has 1 unspecified atom stereocenters. The Morgan fingerprint density at radius 2 is 1.57 bits per heavy atom. The number of halogens is 3. The summed E-state index contributed by atoms with van der Waals surface area (Å²) in [6.07, 6.45) is -6.62. The number of aliphatic hydroxyl groups excluding tert-OH is 2. The second kappa shape index (κ2) is 9.88. The number of aliphatic hydroxyl groups is 2. The van der Waals surface area contributed by atoms with Crippen molar-refractivity contribution in [3.63, 3.8) is 0 Å². The Morgan fingerprint density at radius 1 is 1.00 bits per heavy atom. The molecule has 0 heterocycles. The molecule has 0 saturated heterocycles. The van der Waals surface area contributed by atoms with E-state index in [0.717, 1.165) is 22.0 Å². The van der Waals surface area contributed by atoms with Crippen LogP contribution in [0.25, 0.3) is 0 Å². The Labute approximate surface area is 173 Å². The van der Waals surface area contributed by atoms with Crippen molar-refractivity contribution in [1.29, 1.82) is 0 Å². The first-order chi connectivity index (χ1) is 13.9. The molecule has 0 aliphatic carbocycles. The van der Waals surface area contributed by atoms with Gasteiger partial charge in [-0.25, -0.2) is 8.42 Å². The summed E-state index contributed by atoms with van der Waals surface area (Å²) in [4.78, 5) is -0.375. The normalized spacial score (nSPS) is 15.7. The number of alkyl halides is 3. The van der Waals surface area contributed by atoms with E-state index >= 15 is 0 Å². The highest BCUT2D eigenvalue weighted by atomic mass is 32.2. The minimum atomic E-state index is -4.60. The van der Waals surface area contributed by atoms with Crippen molar-refractivity contribution in [2.45, 2.75) is 42.7 Å². The first-order valence-electron chi connectivity index (χ1n) is 9.24. The second-order valence-corrected chi connectivity index (χ2v) is 9.05. The third kappa shape index (κ3) is 6.51. The van der Waals surface area contributed by atoms with Gasteiger partial charge in [-0.2, -0.15) is 17.5 Å². The number of hydrogen-bond donors (Lipinski definition) is 3. The van der Waals surface area contributed by atoms with Crippen LogP contribution < -0.4 is 5.73 Å². The predicted octanol–water partition coefficient (Wildman–Crippen LogP) is 2.01. The lowest BCUT2D eigenvalue weighted by Crippen LogP contribution is -2.48. The van der Waals surface area contributed by atoms with Crippen LogP contribution in [0.4, 0.5) is 13.2 Å². The lowest BCUT2D eigenvalue weighted by atomic mass is 10.0. The molecular weight excluding hydrogens is 421 g/mol. The zero-order valence-electron chi connectivity index (χ0n) is 16.3. The molecule has 30 heavy (non-hydrogen) atoms. The Bertz CT molecular complexity index is 904. The molecule has 2 aromatic rings. The third-order valence-corrected chi connectivity index (χ3v) is 6.33. The second-order valence-electron chi connectivity index (χ2n) is 7.11. The van der Waals surface area contributed by atoms with Crippen LogP contribution in [-0.2, 0) is 22.6 Å². The first-order valence-corrected chi connectivity index (χ1v) is 10.7. The molecule has 0 bridgehead atoms. The van der Waals surface area contributed by atoms with Gasteiger partial charge >= 0.3 is 6.18 Å². The van der Waals surface area contributed by atoms with Crippen LogP contribution in [0.3, 0.4) is 0 Å². The van der Waals surface area contributed by atoms with E-state index in [2.05, 4.69) is 0 Å². The van der Waals surface area contributed by atoms with Crippen molar-refractivity contribution < 1.29 is 31.8 Å². The van der Waals surface area contributed by atoms with Crippen molar-refractivity contribution in [2.24, 2.45) is 5.73 Å². The number of hydrogen-bond acceptors (Lipinski definition) is 5. The zero-order valence-corrected chi connectivity index (χ0v) is 17.1. The molecule has 2 rings (SSSR count). The van der Waals surface area contributed by atoms with Crippen molar-refractivity contribution in [1.82, 2.24) is 4.31 Å². The molecule has 0 aromatic heterocycles. The molecule has 166 valence electrons. The fourth-order valence-electron chi connectivity index (χ4n) is 2.90. The molecule has 0 saturated carbocycles. The van der Waals surface area contributed by atoms with E-state index in [1.807, 2.05) is 30.3 Å². The van der Waals surface area contributed by atoms with E-state index < -0.39 is 46.6 Å². The van der Waals surface area contributed by atoms with Crippen LogP contribution in [0.1, 0.15) is 18.1 Å². The summed E-state index contributed by atoms with van der Waals surface area (Å²) in [6, 6.07) is 11.3. The van der Waals surface area contributed by atoms with Crippen LogP contribution in [0.5, 0.6) is 0 Å². The average molecular weight is 446 g/mol. The Morgan fingerprint density at radius 3 is 2.07 bits per heavy atom. The van der Waals surface area contributed by atoms with Crippen molar-refractivity contribution in [2.75, 3.05) is 13.1 Å². The van der Waals surface area contributed by atoms with Gasteiger partial charge in [-0.15, -0.1) is 0 Å². The van der Waals surface area contributed by atoms with Crippen LogP contribution in [-0.4, -0.2) is 54.3 Å². The number of rotatable bonds is 9. The van der Waals surface area contributed by atoms with Crippen molar-refractivity contribution >= 4 is 10.0 Å². The minimum absolute atomic E-state index is 0.296. The molecule has 4 N–H and O–H groups in total. The fourth-order valence-corrected chi connectivity index (χ4v) is 4.44. The molecule has 10 heteroatoms. The van der Waals surface area contributed by atoms with Gasteiger partial charge in [0.1, 0.15) is 0 Å². The zero-order chi connectivity index (χ0) is 22.5. The smallest absolute Gasteiger partial charge is 0.392 e. The van der Waals surface area contributed by atoms with Crippen LogP contribution in [0.15, 0.2) is 59.5 Å². The molecule has 6 nitrogen and oxygen atoms in total. The molecular formula is C20H25F3N2O4S. The van der Waals surface area contributed by atoms with Gasteiger partial charge in [-0.05, 0) is 43.2 Å². The predicted molar refractivity (Wildman–Crippen MR) is 106 cm³/mol. The maximum atomic E-state index is 12.9. The number of sulfonamides is 1. The molecule has 0 aliphatic heterocycles. The third-order valence-electron chi connectivity index (χ3n) is 4.49. The lowest BCUT2D eigenvalue weighted by Gasteiger charge is -2.28. The average Bonchev–Trinajstić information content (AvgIpc) is 2.67. The van der Waals surface area contributed by atoms with Gasteiger partial charge in [0.2, 0.25) is 10.0 Å². The van der Waals surface area contributed by atoms with E-state index in [1.165, 1.54) is 6.92 Å². The number of benzene rings is 2. The summed E-state index contributed by atoms with van der Waals surface area (Å²) in [6.45, 7) is 0.603. The largest absolute Gasteiger partial charge is 0.416 e. The van der Waals surface area contributed by atoms with Crippen LogP contribution in [0, 0.1) is 0 Å². The maximum Gasteiger partial charge on any atom is 0.416 e. The highest BCUT2D eigenvalue weighted by Crippen LogP contribution is 2.30. The highest BCUT2D eigenvalue weighted by molar-refractivity contribution is 7.89. The van der Waals surface area contributed by atoms with Gasteiger partial charge in [0.05, 0.1) is 22.7 Å². The topological polar surface area (TPSA) is 104 Å². The quantitative estimate of drug-likeness (QED) is 0.547. The van der Waals surface area contributed by atoms with Gasteiger partial charge in [0.15, 0.2) is 0 Å². The first kappa shape index (κ1) is 24.3. The summed E-state index contributed by atoms with van der Waals surface area (Å²) in [5.41, 5.74) is 5.90. The number of nitrogens with two attached hydrogens (primary N) is 1. The summed E-state index contributed by atoms with van der Waals surface area (Å²) < 4.78 is 64.9. The molecule has 0 radical (unpaired) electrons. The van der Waals surface area contributed by atoms with Crippen molar-refractivity contribution in [3.05, 3.63) is 65.7 Å². The van der Waals surface area contributed by atoms with Crippen LogP contribution in [0.2, 0.25) is 0 Å². The summed E-state index contributed by atoms with van der Waals surface area (Å²) >= 11 is 0. The Hall–Kier alpha value is -1.98. The summed E-state index contributed by atoms with van der Waals surface area (Å²) in [5, 5.41) is 20.2. The Kier molecular flexibility index (Phi) is 8.00. The van der Waals surface area contributed by atoms with Gasteiger partial charge in [0, 0.05) is 19.1 Å². The molecule has 2 aromatic carbocycles. The number of nitrogens with zero attached hydrogens (tertiary/aromatic N) is 1. The van der Waals surface area contributed by atoms with E-state index in [0.29, 0.717) is 18.6 Å². The monoisotopic (exact) mass is 446 g/mol. The Balaban J connectivity index is 2.20. The highest BCUT2D eigenvalue weighted by Gasteiger charge is 2.33. The minimum Gasteiger partial charge on any atom is -0.392 e. The van der Waals surface area contributed by atoms with Gasteiger partial charge in [0.25, 0.3) is 0 Å². The lowest BCUT2D eigenvalue weighted by molar-refractivity contribution is -0.137. The van der Waals surface area contributed by atoms with E-state index in [9.17, 15) is 31.8 Å². The molecule has 0 aliphatic rings. The van der Waals surface area contributed by atoms with Gasteiger partial charge in [-0.1, -0.05) is 30.3 Å². The van der Waals surface area contributed by atoms with Gasteiger partial charge < -0.3 is 15.9 Å². The van der Waals surface area contributed by atoms with E-state index in [4.69, 9.17) is 5.73 Å². The van der Waals surface area contributed by atoms with Gasteiger partial charge in [-0.3, -0.25) is 0 Å². The van der Waals surface area contributed by atoms with E-state index in [-0.39, 0.29) is 11.4 Å². The summed E-state index contributed by atoms with van der Waals surface area (Å²) in [5.74, 6) is 0. The fraction of sp³-hybridized carbons (Fsp3) is 0.400. The standard InChI is InChI=1S/C20H25F3N2O4S/c1-14(26)12-25(13-19(27)18(24)11-15-5-3-2-4-6-15)30(28,29)17-9-7-16(8-10-17)20(21,22)23/h2-10,14,18-19,26-27H,11-13,24H2,1H3/t14?,18-,19+/m0/s1. The molecule has 0 fully saturated rings. The maximum absolute atomic E-state index is 12.9. The molecule has 0 spiro atoms. The SMILES string of the molecule is CC(O)CN(C[C@@H](O)[C@@H](N)Cc1ccccc1)S(=O)(=O)c1ccc(C(F)(F)F)cc1.